The van der Waals surface area contributed by atoms with Gasteiger partial charge in [0, 0.05) is 17.8 Å². The molecule has 0 aliphatic carbocycles. The monoisotopic (exact) mass is 368 g/mol. The minimum absolute atomic E-state index is 0.0497. The van der Waals surface area contributed by atoms with Crippen molar-refractivity contribution in [1.29, 1.82) is 0 Å². The molecule has 0 radical (unpaired) electrons. The molecule has 0 heterocycles. The molecule has 0 fully saturated rings. The van der Waals surface area contributed by atoms with Crippen molar-refractivity contribution >= 4 is 23.2 Å². The van der Waals surface area contributed by atoms with Crippen molar-refractivity contribution in [3.63, 3.8) is 0 Å². The SMILES string of the molecule is CCC(=O)Nc1ccc(NC(=O)C(C)Oc2ccc(C(C)(C)C)cc2)cc1. The average molecular weight is 368 g/mol. The lowest BCUT2D eigenvalue weighted by molar-refractivity contribution is -0.122. The number of nitrogens with one attached hydrogen (secondary N) is 2. The lowest BCUT2D eigenvalue weighted by Crippen LogP contribution is -2.30. The Bertz CT molecular complexity index is 775. The number of carbonyl (C=O) groups excluding carboxylic acids is 2. The van der Waals surface area contributed by atoms with Gasteiger partial charge in [-0.15, -0.1) is 0 Å². The van der Waals surface area contributed by atoms with Gasteiger partial charge in [-0.25, -0.2) is 0 Å². The Morgan fingerprint density at radius 1 is 0.926 bits per heavy atom. The van der Waals surface area contributed by atoms with Crippen molar-refractivity contribution in [3.05, 3.63) is 54.1 Å². The van der Waals surface area contributed by atoms with Crippen molar-refractivity contribution in [1.82, 2.24) is 0 Å². The van der Waals surface area contributed by atoms with E-state index >= 15 is 0 Å². The number of amides is 2. The molecule has 0 aliphatic rings. The Labute approximate surface area is 161 Å². The second-order valence-corrected chi connectivity index (χ2v) is 7.50. The number of ether oxygens (including phenoxy) is 1. The summed E-state index contributed by atoms with van der Waals surface area (Å²) in [5.41, 5.74) is 2.63. The van der Waals surface area contributed by atoms with E-state index in [-0.39, 0.29) is 17.2 Å². The van der Waals surface area contributed by atoms with Crippen LogP contribution in [0.25, 0.3) is 0 Å². The van der Waals surface area contributed by atoms with Crippen LogP contribution in [0.3, 0.4) is 0 Å². The highest BCUT2D eigenvalue weighted by atomic mass is 16.5. The van der Waals surface area contributed by atoms with Crippen LogP contribution in [-0.4, -0.2) is 17.9 Å². The van der Waals surface area contributed by atoms with Crippen LogP contribution in [0.15, 0.2) is 48.5 Å². The zero-order valence-corrected chi connectivity index (χ0v) is 16.6. The first-order chi connectivity index (χ1) is 12.7. The summed E-state index contributed by atoms with van der Waals surface area (Å²) in [5.74, 6) is 0.370. The fourth-order valence-corrected chi connectivity index (χ4v) is 2.42. The van der Waals surface area contributed by atoms with Crippen LogP contribution in [0.2, 0.25) is 0 Å². The van der Waals surface area contributed by atoms with Gasteiger partial charge in [-0.05, 0) is 54.3 Å². The molecule has 5 nitrogen and oxygen atoms in total. The van der Waals surface area contributed by atoms with Crippen molar-refractivity contribution in [3.8, 4) is 5.75 Å². The van der Waals surface area contributed by atoms with Gasteiger partial charge in [-0.1, -0.05) is 39.8 Å². The quantitative estimate of drug-likeness (QED) is 0.774. The summed E-state index contributed by atoms with van der Waals surface area (Å²) in [6, 6.07) is 14.8. The predicted octanol–water partition coefficient (Wildman–Crippen LogP) is 4.74. The van der Waals surface area contributed by atoms with Crippen LogP contribution in [0.4, 0.5) is 11.4 Å². The van der Waals surface area contributed by atoms with Gasteiger partial charge in [-0.3, -0.25) is 9.59 Å². The van der Waals surface area contributed by atoms with Gasteiger partial charge in [0.2, 0.25) is 5.91 Å². The minimum atomic E-state index is -0.634. The molecule has 0 aliphatic heterocycles. The largest absolute Gasteiger partial charge is 0.481 e. The van der Waals surface area contributed by atoms with Crippen LogP contribution in [0.5, 0.6) is 5.75 Å². The van der Waals surface area contributed by atoms with E-state index in [0.717, 1.165) is 0 Å². The smallest absolute Gasteiger partial charge is 0.265 e. The highest BCUT2D eigenvalue weighted by molar-refractivity contribution is 5.95. The molecule has 0 bridgehead atoms. The van der Waals surface area contributed by atoms with E-state index in [1.807, 2.05) is 24.3 Å². The van der Waals surface area contributed by atoms with Crippen molar-refractivity contribution in [2.24, 2.45) is 0 Å². The third-order valence-corrected chi connectivity index (χ3v) is 4.16. The van der Waals surface area contributed by atoms with Crippen LogP contribution in [0.1, 0.15) is 46.6 Å². The Balaban J connectivity index is 1.92. The summed E-state index contributed by atoms with van der Waals surface area (Å²) >= 11 is 0. The lowest BCUT2D eigenvalue weighted by Gasteiger charge is -2.20. The van der Waals surface area contributed by atoms with Crippen LogP contribution in [-0.2, 0) is 15.0 Å². The summed E-state index contributed by atoms with van der Waals surface area (Å²) < 4.78 is 5.74. The molecule has 0 saturated heterocycles. The normalized spacial score (nSPS) is 12.2. The van der Waals surface area contributed by atoms with Crippen LogP contribution < -0.4 is 15.4 Å². The standard InChI is InChI=1S/C22H28N2O3/c1-6-20(25)23-17-9-11-18(12-10-17)24-21(26)15(2)27-19-13-7-16(8-14-19)22(3,4)5/h7-15H,6H2,1-5H3,(H,23,25)(H,24,26). The van der Waals surface area contributed by atoms with E-state index in [4.69, 9.17) is 4.74 Å². The second kappa shape index (κ2) is 8.71. The third-order valence-electron chi connectivity index (χ3n) is 4.16. The third kappa shape index (κ3) is 6.13. The van der Waals surface area contributed by atoms with Gasteiger partial charge in [0.15, 0.2) is 6.10 Å². The summed E-state index contributed by atoms with van der Waals surface area (Å²) in [5, 5.41) is 5.58. The molecule has 2 N–H and O–H groups in total. The lowest BCUT2D eigenvalue weighted by atomic mass is 9.87. The molecule has 2 aromatic rings. The molecular formula is C22H28N2O3. The van der Waals surface area contributed by atoms with E-state index in [0.29, 0.717) is 23.5 Å². The number of anilines is 2. The van der Waals surface area contributed by atoms with Gasteiger partial charge < -0.3 is 15.4 Å². The first-order valence-corrected chi connectivity index (χ1v) is 9.17. The Morgan fingerprint density at radius 3 is 1.93 bits per heavy atom. The number of benzene rings is 2. The van der Waals surface area contributed by atoms with E-state index in [1.54, 1.807) is 38.1 Å². The van der Waals surface area contributed by atoms with Gasteiger partial charge in [0.1, 0.15) is 5.75 Å². The van der Waals surface area contributed by atoms with Crippen LogP contribution >= 0.6 is 0 Å². The van der Waals surface area contributed by atoms with E-state index < -0.39 is 6.10 Å². The molecular weight excluding hydrogens is 340 g/mol. The molecule has 0 aromatic heterocycles. The van der Waals surface area contributed by atoms with E-state index in [9.17, 15) is 9.59 Å². The highest BCUT2D eigenvalue weighted by Crippen LogP contribution is 2.24. The van der Waals surface area contributed by atoms with Crippen LogP contribution in [0, 0.1) is 0 Å². The molecule has 1 unspecified atom stereocenters. The molecule has 144 valence electrons. The second-order valence-electron chi connectivity index (χ2n) is 7.50. The Kier molecular flexibility index (Phi) is 6.61. The molecule has 2 rings (SSSR count). The zero-order chi connectivity index (χ0) is 20.0. The summed E-state index contributed by atoms with van der Waals surface area (Å²) in [6.45, 7) is 9.96. The molecule has 1 atom stereocenters. The van der Waals surface area contributed by atoms with Crippen molar-refractivity contribution in [2.45, 2.75) is 52.6 Å². The minimum Gasteiger partial charge on any atom is -0.481 e. The summed E-state index contributed by atoms with van der Waals surface area (Å²) in [6.07, 6.45) is -0.214. The molecule has 5 heteroatoms. The van der Waals surface area contributed by atoms with Crippen molar-refractivity contribution < 1.29 is 14.3 Å². The number of rotatable bonds is 6. The maximum absolute atomic E-state index is 12.3. The predicted molar refractivity (Wildman–Crippen MR) is 109 cm³/mol. The first-order valence-electron chi connectivity index (χ1n) is 9.17. The maximum Gasteiger partial charge on any atom is 0.265 e. The van der Waals surface area contributed by atoms with Gasteiger partial charge in [0.25, 0.3) is 5.91 Å². The summed E-state index contributed by atoms with van der Waals surface area (Å²) in [4.78, 5) is 23.7. The fourth-order valence-electron chi connectivity index (χ4n) is 2.42. The molecule has 0 saturated carbocycles. The summed E-state index contributed by atoms with van der Waals surface area (Å²) in [7, 11) is 0. The average Bonchev–Trinajstić information content (AvgIpc) is 2.62. The Hall–Kier alpha value is -2.82. The molecule has 2 aromatic carbocycles. The topological polar surface area (TPSA) is 67.4 Å². The Morgan fingerprint density at radius 2 is 1.44 bits per heavy atom. The highest BCUT2D eigenvalue weighted by Gasteiger charge is 2.17. The van der Waals surface area contributed by atoms with E-state index in [2.05, 4.69) is 31.4 Å². The molecule has 0 spiro atoms. The first kappa shape index (κ1) is 20.5. The number of hydrogen-bond donors (Lipinski definition) is 2. The fraction of sp³-hybridized carbons (Fsp3) is 0.364. The van der Waals surface area contributed by atoms with Crippen molar-refractivity contribution in [2.75, 3.05) is 10.6 Å². The maximum atomic E-state index is 12.3. The number of hydrogen-bond acceptors (Lipinski definition) is 3. The number of carbonyl (C=O) groups is 2. The van der Waals surface area contributed by atoms with Gasteiger partial charge >= 0.3 is 0 Å². The molecule has 27 heavy (non-hydrogen) atoms. The van der Waals surface area contributed by atoms with Gasteiger partial charge in [0.05, 0.1) is 0 Å². The zero-order valence-electron chi connectivity index (χ0n) is 16.6. The van der Waals surface area contributed by atoms with E-state index in [1.165, 1.54) is 5.56 Å². The molecule has 2 amide bonds. The van der Waals surface area contributed by atoms with Gasteiger partial charge in [-0.2, -0.15) is 0 Å².